The molecule has 4 rings (SSSR count). The number of carbonyl (C=O) groups excluding carboxylic acids is 3. The molecule has 0 radical (unpaired) electrons. The fraction of sp³-hybridized carbons (Fsp3) is 0.500. The third kappa shape index (κ3) is 3.23. The highest BCUT2D eigenvalue weighted by Gasteiger charge is 2.49. The largest absolute Gasteiger partial charge is 0.356 e. The molecule has 1 N–H and O–H groups in total. The Morgan fingerprint density at radius 3 is 2.79 bits per heavy atom. The number of nitrogens with zero attached hydrogens (tertiary/aromatic N) is 3. The van der Waals surface area contributed by atoms with Crippen molar-refractivity contribution < 1.29 is 18.9 Å². The Hall–Kier alpha value is -2.90. The molecular formula is C20H24N4O4. The number of hydrogen-bond donors (Lipinski definition) is 1. The first kappa shape index (κ1) is 18.5. The highest BCUT2D eigenvalue weighted by molar-refractivity contribution is 5.99. The van der Waals surface area contributed by atoms with Crippen molar-refractivity contribution in [3.63, 3.8) is 0 Å². The lowest BCUT2D eigenvalue weighted by molar-refractivity contribution is -0.149. The van der Waals surface area contributed by atoms with Gasteiger partial charge < -0.3 is 19.6 Å². The molecule has 1 spiro atoms. The van der Waals surface area contributed by atoms with Gasteiger partial charge in [-0.2, -0.15) is 0 Å². The Morgan fingerprint density at radius 1 is 1.25 bits per heavy atom. The Bertz CT molecular complexity index is 918. The zero-order valence-corrected chi connectivity index (χ0v) is 15.9. The van der Waals surface area contributed by atoms with E-state index >= 15 is 0 Å². The van der Waals surface area contributed by atoms with Gasteiger partial charge in [0.2, 0.25) is 11.8 Å². The van der Waals surface area contributed by atoms with Gasteiger partial charge in [-0.05, 0) is 44.4 Å². The minimum absolute atomic E-state index is 0.0507. The molecule has 8 nitrogen and oxygen atoms in total. The van der Waals surface area contributed by atoms with Crippen LogP contribution in [0, 0.1) is 0 Å². The van der Waals surface area contributed by atoms with E-state index in [2.05, 4.69) is 10.5 Å². The predicted octanol–water partition coefficient (Wildman–Crippen LogP) is 1.56. The minimum Gasteiger partial charge on any atom is -0.356 e. The van der Waals surface area contributed by atoms with Crippen molar-refractivity contribution in [3.05, 3.63) is 30.0 Å². The molecule has 2 aromatic rings. The number of piperazine rings is 1. The van der Waals surface area contributed by atoms with Crippen molar-refractivity contribution in [1.82, 2.24) is 20.3 Å². The van der Waals surface area contributed by atoms with Gasteiger partial charge in [0, 0.05) is 37.1 Å². The number of fused-ring (bicyclic) bond motifs is 1. The molecule has 148 valence electrons. The lowest BCUT2D eigenvalue weighted by Crippen LogP contribution is -2.67. The normalized spacial score (nSPS) is 18.2. The van der Waals surface area contributed by atoms with Gasteiger partial charge in [0.05, 0.1) is 11.7 Å². The summed E-state index contributed by atoms with van der Waals surface area (Å²) in [5.41, 5.74) is 0.902. The lowest BCUT2D eigenvalue weighted by Gasteiger charge is -2.55. The van der Waals surface area contributed by atoms with E-state index in [1.165, 1.54) is 0 Å². The van der Waals surface area contributed by atoms with Crippen LogP contribution >= 0.6 is 0 Å². The molecule has 1 aromatic heterocycles. The fourth-order valence-electron chi connectivity index (χ4n) is 4.23. The minimum atomic E-state index is -0.335. The van der Waals surface area contributed by atoms with Gasteiger partial charge >= 0.3 is 0 Å². The zero-order chi connectivity index (χ0) is 19.7. The average molecular weight is 384 g/mol. The molecule has 0 unspecified atom stereocenters. The molecule has 8 heteroatoms. The second kappa shape index (κ2) is 7.26. The van der Waals surface area contributed by atoms with E-state index in [1.807, 2.05) is 16.7 Å². The van der Waals surface area contributed by atoms with Gasteiger partial charge in [0.15, 0.2) is 5.58 Å². The standard InChI is InChI=1S/C20H24N4O4/c1-2-21-17(25)11-18(26)24-9-8-23(13-20(24)6-3-7-20)19(27)14-4-5-16-15(10-14)12-22-28-16/h4-5,10,12H,2-3,6-9,11,13H2,1H3,(H,21,25). The number of amides is 3. The van der Waals surface area contributed by atoms with Gasteiger partial charge in [-0.25, -0.2) is 0 Å². The Kier molecular flexibility index (Phi) is 4.78. The van der Waals surface area contributed by atoms with Crippen molar-refractivity contribution in [2.45, 2.75) is 38.1 Å². The number of aromatic nitrogens is 1. The smallest absolute Gasteiger partial charge is 0.254 e. The highest BCUT2D eigenvalue weighted by Crippen LogP contribution is 2.41. The summed E-state index contributed by atoms with van der Waals surface area (Å²) in [7, 11) is 0. The van der Waals surface area contributed by atoms with Crippen molar-refractivity contribution >= 4 is 28.7 Å². The molecule has 0 atom stereocenters. The van der Waals surface area contributed by atoms with Crippen LogP contribution in [-0.2, 0) is 9.59 Å². The topological polar surface area (TPSA) is 95.8 Å². The van der Waals surface area contributed by atoms with Crippen LogP contribution in [0.15, 0.2) is 28.9 Å². The molecule has 2 fully saturated rings. The van der Waals surface area contributed by atoms with Gasteiger partial charge in [0.1, 0.15) is 6.42 Å². The van der Waals surface area contributed by atoms with Crippen molar-refractivity contribution in [3.8, 4) is 0 Å². The van der Waals surface area contributed by atoms with E-state index < -0.39 is 0 Å². The quantitative estimate of drug-likeness (QED) is 0.807. The third-order valence-electron chi connectivity index (χ3n) is 5.81. The number of benzene rings is 1. The molecule has 1 saturated heterocycles. The Morgan fingerprint density at radius 2 is 2.07 bits per heavy atom. The number of nitrogens with one attached hydrogen (secondary N) is 1. The molecule has 1 aliphatic heterocycles. The summed E-state index contributed by atoms with van der Waals surface area (Å²) in [4.78, 5) is 41.2. The van der Waals surface area contributed by atoms with Gasteiger partial charge in [-0.3, -0.25) is 14.4 Å². The summed E-state index contributed by atoms with van der Waals surface area (Å²) in [6, 6.07) is 5.28. The zero-order valence-electron chi connectivity index (χ0n) is 15.9. The molecule has 3 amide bonds. The number of carbonyl (C=O) groups is 3. The van der Waals surface area contributed by atoms with Crippen LogP contribution in [0.1, 0.15) is 43.0 Å². The molecule has 2 aliphatic rings. The van der Waals surface area contributed by atoms with Gasteiger partial charge in [-0.1, -0.05) is 5.16 Å². The molecule has 28 heavy (non-hydrogen) atoms. The van der Waals surface area contributed by atoms with E-state index in [9.17, 15) is 14.4 Å². The summed E-state index contributed by atoms with van der Waals surface area (Å²) in [5.74, 6) is -0.448. The van der Waals surface area contributed by atoms with Crippen LogP contribution in [0.4, 0.5) is 0 Å². The van der Waals surface area contributed by atoms with E-state index in [1.54, 1.807) is 24.4 Å². The highest BCUT2D eigenvalue weighted by atomic mass is 16.5. The summed E-state index contributed by atoms with van der Waals surface area (Å²) in [6.07, 6.45) is 4.22. The monoisotopic (exact) mass is 384 g/mol. The third-order valence-corrected chi connectivity index (χ3v) is 5.81. The number of hydrogen-bond acceptors (Lipinski definition) is 5. The van der Waals surface area contributed by atoms with Crippen molar-refractivity contribution in [1.29, 1.82) is 0 Å². The molecule has 1 saturated carbocycles. The molecule has 0 bridgehead atoms. The van der Waals surface area contributed by atoms with E-state index in [0.29, 0.717) is 37.3 Å². The lowest BCUT2D eigenvalue weighted by atomic mass is 9.73. The predicted molar refractivity (Wildman–Crippen MR) is 102 cm³/mol. The van der Waals surface area contributed by atoms with Gasteiger partial charge in [0.25, 0.3) is 5.91 Å². The Labute approximate surface area is 162 Å². The molecule has 2 heterocycles. The maximum Gasteiger partial charge on any atom is 0.254 e. The maximum atomic E-state index is 13.0. The maximum absolute atomic E-state index is 13.0. The summed E-state index contributed by atoms with van der Waals surface area (Å²) < 4.78 is 5.10. The van der Waals surface area contributed by atoms with E-state index in [0.717, 1.165) is 24.6 Å². The number of rotatable bonds is 4. The second-order valence-corrected chi connectivity index (χ2v) is 7.56. The summed E-state index contributed by atoms with van der Waals surface area (Å²) in [5, 5.41) is 7.22. The molecule has 1 aromatic carbocycles. The van der Waals surface area contributed by atoms with E-state index in [-0.39, 0.29) is 29.7 Å². The van der Waals surface area contributed by atoms with E-state index in [4.69, 9.17) is 4.52 Å². The van der Waals surface area contributed by atoms with Crippen LogP contribution in [0.2, 0.25) is 0 Å². The first-order valence-electron chi connectivity index (χ1n) is 9.73. The Balaban J connectivity index is 1.48. The molecule has 1 aliphatic carbocycles. The van der Waals surface area contributed by atoms with Gasteiger partial charge in [-0.15, -0.1) is 0 Å². The van der Waals surface area contributed by atoms with Crippen LogP contribution in [0.3, 0.4) is 0 Å². The van der Waals surface area contributed by atoms with Crippen LogP contribution < -0.4 is 5.32 Å². The molecular weight excluding hydrogens is 360 g/mol. The second-order valence-electron chi connectivity index (χ2n) is 7.56. The van der Waals surface area contributed by atoms with Crippen LogP contribution in [-0.4, -0.2) is 64.4 Å². The SMILES string of the molecule is CCNC(=O)CC(=O)N1CCN(C(=O)c2ccc3oncc3c2)CC12CCC2. The van der Waals surface area contributed by atoms with Crippen molar-refractivity contribution in [2.24, 2.45) is 0 Å². The fourth-order valence-corrected chi connectivity index (χ4v) is 4.23. The van der Waals surface area contributed by atoms with Crippen LogP contribution in [0.25, 0.3) is 11.0 Å². The first-order chi connectivity index (χ1) is 13.5. The summed E-state index contributed by atoms with van der Waals surface area (Å²) >= 11 is 0. The van der Waals surface area contributed by atoms with Crippen molar-refractivity contribution in [2.75, 3.05) is 26.2 Å². The average Bonchev–Trinajstić information content (AvgIpc) is 3.13. The van der Waals surface area contributed by atoms with Crippen LogP contribution in [0.5, 0.6) is 0 Å². The summed E-state index contributed by atoms with van der Waals surface area (Å²) in [6.45, 7) is 3.77. The first-order valence-corrected chi connectivity index (χ1v) is 9.73.